The van der Waals surface area contributed by atoms with Crippen LogP contribution in [0.5, 0.6) is 5.75 Å². The van der Waals surface area contributed by atoms with Crippen molar-refractivity contribution in [2.45, 2.75) is 44.9 Å². The Balaban J connectivity index is 1.18. The fraction of sp³-hybridized carbons (Fsp3) is 0.625. The number of nitrogens with zero attached hydrogens (tertiary/aromatic N) is 1. The molecule has 1 aliphatic heterocycles. The molecule has 6 nitrogen and oxygen atoms in total. The fourth-order valence-corrected chi connectivity index (χ4v) is 6.74. The third kappa shape index (κ3) is 3.40. The molecule has 6 rings (SSSR count). The van der Waals surface area contributed by atoms with Crippen LogP contribution < -0.4 is 9.64 Å². The third-order valence-corrected chi connectivity index (χ3v) is 7.82. The van der Waals surface area contributed by atoms with E-state index in [9.17, 15) is 14.4 Å². The molecule has 1 amide bonds. The number of carbonyl (C=O) groups is 3. The SMILES string of the molecule is COc1ccc(N2CC(C(=O)OCC(=O)C34CC5CC(CC(C5)C3)C4)CC2=O)cc1. The minimum Gasteiger partial charge on any atom is -0.497 e. The third-order valence-electron chi connectivity index (χ3n) is 7.82. The molecule has 30 heavy (non-hydrogen) atoms. The Morgan fingerprint density at radius 3 is 2.20 bits per heavy atom. The van der Waals surface area contributed by atoms with Gasteiger partial charge in [0.1, 0.15) is 5.75 Å². The molecular weight excluding hydrogens is 382 g/mol. The summed E-state index contributed by atoms with van der Waals surface area (Å²) in [7, 11) is 1.59. The highest BCUT2D eigenvalue weighted by Crippen LogP contribution is 2.60. The molecule has 4 aliphatic carbocycles. The Morgan fingerprint density at radius 1 is 1.03 bits per heavy atom. The monoisotopic (exact) mass is 411 g/mol. The molecule has 0 radical (unpaired) electrons. The van der Waals surface area contributed by atoms with Crippen molar-refractivity contribution in [1.29, 1.82) is 0 Å². The van der Waals surface area contributed by atoms with Gasteiger partial charge in [-0.3, -0.25) is 14.4 Å². The smallest absolute Gasteiger partial charge is 0.311 e. The van der Waals surface area contributed by atoms with Gasteiger partial charge in [0, 0.05) is 24.1 Å². The number of amides is 1. The normalized spacial score (nSPS) is 34.3. The van der Waals surface area contributed by atoms with Gasteiger partial charge in [-0.2, -0.15) is 0 Å². The van der Waals surface area contributed by atoms with E-state index < -0.39 is 11.9 Å². The average molecular weight is 411 g/mol. The maximum atomic E-state index is 13.1. The Bertz CT molecular complexity index is 826. The number of anilines is 1. The highest BCUT2D eigenvalue weighted by Gasteiger charge is 2.54. The molecule has 1 atom stereocenters. The summed E-state index contributed by atoms with van der Waals surface area (Å²) >= 11 is 0. The highest BCUT2D eigenvalue weighted by molar-refractivity contribution is 5.99. The first kappa shape index (κ1) is 19.6. The van der Waals surface area contributed by atoms with Crippen LogP contribution in [0.1, 0.15) is 44.9 Å². The van der Waals surface area contributed by atoms with Gasteiger partial charge >= 0.3 is 5.97 Å². The van der Waals surface area contributed by atoms with E-state index in [0.717, 1.165) is 24.9 Å². The molecule has 0 spiro atoms. The molecule has 1 aromatic rings. The number of esters is 1. The maximum Gasteiger partial charge on any atom is 0.311 e. The Kier molecular flexibility index (Phi) is 4.83. The number of carbonyl (C=O) groups excluding carboxylic acids is 3. The summed E-state index contributed by atoms with van der Waals surface area (Å²) in [5.74, 6) is 1.80. The van der Waals surface area contributed by atoms with E-state index in [4.69, 9.17) is 9.47 Å². The van der Waals surface area contributed by atoms with Crippen LogP contribution in [0, 0.1) is 29.1 Å². The zero-order valence-electron chi connectivity index (χ0n) is 17.5. The van der Waals surface area contributed by atoms with Crippen molar-refractivity contribution in [2.75, 3.05) is 25.2 Å². The number of rotatable bonds is 6. The van der Waals surface area contributed by atoms with E-state index in [0.29, 0.717) is 23.5 Å². The minimum atomic E-state index is -0.524. The van der Waals surface area contributed by atoms with Crippen molar-refractivity contribution in [1.82, 2.24) is 0 Å². The Hall–Kier alpha value is -2.37. The zero-order valence-corrected chi connectivity index (χ0v) is 17.5. The van der Waals surface area contributed by atoms with Gasteiger partial charge in [-0.1, -0.05) is 0 Å². The van der Waals surface area contributed by atoms with Crippen molar-refractivity contribution in [2.24, 2.45) is 29.1 Å². The molecule has 4 saturated carbocycles. The number of hydrogen-bond acceptors (Lipinski definition) is 5. The van der Waals surface area contributed by atoms with E-state index in [-0.39, 0.29) is 36.7 Å². The van der Waals surface area contributed by atoms with Crippen LogP contribution in [0.3, 0.4) is 0 Å². The van der Waals surface area contributed by atoms with Gasteiger partial charge in [-0.15, -0.1) is 0 Å². The molecular formula is C24H29NO5. The molecule has 0 N–H and O–H groups in total. The summed E-state index contributed by atoms with van der Waals surface area (Å²) in [6.07, 6.45) is 6.87. The average Bonchev–Trinajstić information content (AvgIpc) is 3.12. The van der Waals surface area contributed by atoms with Crippen LogP contribution in [0.25, 0.3) is 0 Å². The summed E-state index contributed by atoms with van der Waals surface area (Å²) in [6.45, 7) is 0.147. The number of hydrogen-bond donors (Lipinski definition) is 0. The first-order valence-electron chi connectivity index (χ1n) is 11.1. The van der Waals surface area contributed by atoms with Crippen LogP contribution in [0.15, 0.2) is 24.3 Å². The standard InChI is InChI=1S/C24H29NO5/c1-29-20-4-2-19(3-5-20)25-13-18(9-22(25)27)23(28)30-14-21(26)24-10-15-6-16(11-24)8-17(7-15)12-24/h2-5,15-18H,6-14H2,1H3. The summed E-state index contributed by atoms with van der Waals surface area (Å²) in [5.41, 5.74) is 0.482. The molecule has 1 unspecified atom stereocenters. The van der Waals surface area contributed by atoms with Crippen molar-refractivity contribution >= 4 is 23.3 Å². The van der Waals surface area contributed by atoms with Crippen molar-refractivity contribution in [3.63, 3.8) is 0 Å². The fourth-order valence-electron chi connectivity index (χ4n) is 6.74. The second-order valence-electron chi connectivity index (χ2n) is 9.83. The van der Waals surface area contributed by atoms with Gasteiger partial charge in [0.25, 0.3) is 0 Å². The molecule has 4 bridgehead atoms. The molecule has 5 fully saturated rings. The Labute approximate surface area is 176 Å². The van der Waals surface area contributed by atoms with E-state index in [1.807, 2.05) is 0 Å². The van der Waals surface area contributed by atoms with E-state index >= 15 is 0 Å². The van der Waals surface area contributed by atoms with E-state index in [1.54, 1.807) is 36.3 Å². The van der Waals surface area contributed by atoms with Crippen molar-refractivity contribution < 1.29 is 23.9 Å². The van der Waals surface area contributed by atoms with Gasteiger partial charge in [0.05, 0.1) is 13.0 Å². The summed E-state index contributed by atoms with van der Waals surface area (Å²) in [4.78, 5) is 39.7. The molecule has 1 saturated heterocycles. The first-order valence-corrected chi connectivity index (χ1v) is 11.1. The second kappa shape index (κ2) is 7.40. The molecule has 1 heterocycles. The van der Waals surface area contributed by atoms with Crippen LogP contribution in [-0.2, 0) is 19.1 Å². The second-order valence-corrected chi connectivity index (χ2v) is 9.83. The molecule has 160 valence electrons. The van der Waals surface area contributed by atoms with Crippen LogP contribution in [0.4, 0.5) is 5.69 Å². The predicted octanol–water partition coefficient (Wildman–Crippen LogP) is 3.38. The van der Waals surface area contributed by atoms with E-state index in [2.05, 4.69) is 0 Å². The minimum absolute atomic E-state index is 0.102. The highest BCUT2D eigenvalue weighted by atomic mass is 16.5. The summed E-state index contributed by atoms with van der Waals surface area (Å²) in [6, 6.07) is 7.19. The number of ether oxygens (including phenoxy) is 2. The lowest BCUT2D eigenvalue weighted by Gasteiger charge is -2.55. The van der Waals surface area contributed by atoms with Crippen LogP contribution in [-0.4, -0.2) is 37.9 Å². The molecule has 0 aromatic heterocycles. The Morgan fingerprint density at radius 2 is 1.63 bits per heavy atom. The number of Topliss-reactive ketones (excluding diaryl/α,β-unsaturated/α-hetero) is 1. The van der Waals surface area contributed by atoms with Gasteiger partial charge in [0.15, 0.2) is 12.4 Å². The van der Waals surface area contributed by atoms with Gasteiger partial charge in [0.2, 0.25) is 5.91 Å². The topological polar surface area (TPSA) is 72.9 Å². The van der Waals surface area contributed by atoms with Gasteiger partial charge in [-0.25, -0.2) is 0 Å². The number of ketones is 1. The first-order chi connectivity index (χ1) is 14.5. The summed E-state index contributed by atoms with van der Waals surface area (Å²) < 4.78 is 10.6. The zero-order chi connectivity index (χ0) is 20.9. The van der Waals surface area contributed by atoms with Crippen molar-refractivity contribution in [3.05, 3.63) is 24.3 Å². The lowest BCUT2D eigenvalue weighted by molar-refractivity contribution is -0.160. The van der Waals surface area contributed by atoms with Gasteiger partial charge < -0.3 is 14.4 Å². The molecule has 6 heteroatoms. The predicted molar refractivity (Wildman–Crippen MR) is 110 cm³/mol. The van der Waals surface area contributed by atoms with Crippen molar-refractivity contribution in [3.8, 4) is 5.75 Å². The lowest BCUT2D eigenvalue weighted by atomic mass is 9.48. The largest absolute Gasteiger partial charge is 0.497 e. The number of benzene rings is 1. The lowest BCUT2D eigenvalue weighted by Crippen LogP contribution is -2.51. The van der Waals surface area contributed by atoms with Crippen LogP contribution >= 0.6 is 0 Å². The number of methoxy groups -OCH3 is 1. The quantitative estimate of drug-likeness (QED) is 0.671. The molecule has 1 aromatic carbocycles. The van der Waals surface area contributed by atoms with E-state index in [1.165, 1.54) is 19.3 Å². The molecule has 5 aliphatic rings. The van der Waals surface area contributed by atoms with Crippen LogP contribution in [0.2, 0.25) is 0 Å². The van der Waals surface area contributed by atoms with Gasteiger partial charge in [-0.05, 0) is 80.5 Å². The summed E-state index contributed by atoms with van der Waals surface area (Å²) in [5, 5.41) is 0. The maximum absolute atomic E-state index is 13.1.